The van der Waals surface area contributed by atoms with E-state index in [9.17, 15) is 14.4 Å². The van der Waals surface area contributed by atoms with E-state index in [-0.39, 0.29) is 36.2 Å². The van der Waals surface area contributed by atoms with Crippen LogP contribution in [0.4, 0.5) is 5.69 Å². The quantitative estimate of drug-likeness (QED) is 0.772. The maximum absolute atomic E-state index is 12.7. The number of carbonyl (C=O) groups is 3. The zero-order chi connectivity index (χ0) is 20.1. The van der Waals surface area contributed by atoms with Crippen LogP contribution in [0.2, 0.25) is 0 Å². The van der Waals surface area contributed by atoms with Gasteiger partial charge in [0, 0.05) is 48.9 Å². The molecule has 2 fully saturated rings. The largest absolute Gasteiger partial charge is 0.353 e. The second-order valence-electron chi connectivity index (χ2n) is 7.48. The number of carbonyl (C=O) groups excluding carboxylic acids is 3. The third-order valence-corrected chi connectivity index (χ3v) is 5.97. The normalized spacial score (nSPS) is 20.8. The lowest BCUT2D eigenvalue weighted by molar-refractivity contribution is -0.132. The first-order chi connectivity index (χ1) is 13.5. The van der Waals surface area contributed by atoms with E-state index in [1.807, 2.05) is 35.4 Å². The van der Waals surface area contributed by atoms with Crippen molar-refractivity contribution >= 4 is 35.2 Å². The molecule has 1 aromatic carbocycles. The van der Waals surface area contributed by atoms with Gasteiger partial charge in [0.05, 0.1) is 12.6 Å². The van der Waals surface area contributed by atoms with E-state index in [1.165, 1.54) is 0 Å². The van der Waals surface area contributed by atoms with Crippen LogP contribution in [0.25, 0.3) is 0 Å². The molecule has 2 N–H and O–H groups in total. The predicted molar refractivity (Wildman–Crippen MR) is 112 cm³/mol. The number of thioether (sulfide) groups is 1. The zero-order valence-electron chi connectivity index (χ0n) is 16.4. The number of benzene rings is 1. The van der Waals surface area contributed by atoms with Crippen molar-refractivity contribution < 1.29 is 14.4 Å². The third-order valence-electron chi connectivity index (χ3n) is 5.03. The van der Waals surface area contributed by atoms with Gasteiger partial charge in [-0.1, -0.05) is 19.9 Å². The van der Waals surface area contributed by atoms with Gasteiger partial charge in [-0.05, 0) is 24.1 Å². The maximum atomic E-state index is 12.7. The zero-order valence-corrected chi connectivity index (χ0v) is 17.3. The number of piperazine rings is 1. The van der Waals surface area contributed by atoms with Crippen LogP contribution in [-0.4, -0.2) is 77.8 Å². The summed E-state index contributed by atoms with van der Waals surface area (Å²) in [7, 11) is 0. The Hall–Kier alpha value is -2.06. The van der Waals surface area contributed by atoms with Crippen LogP contribution in [0.1, 0.15) is 24.2 Å². The van der Waals surface area contributed by atoms with Gasteiger partial charge < -0.3 is 15.5 Å². The molecule has 152 valence electrons. The number of nitrogens with one attached hydrogen (secondary N) is 2. The van der Waals surface area contributed by atoms with Crippen LogP contribution in [0, 0.1) is 5.92 Å². The highest BCUT2D eigenvalue weighted by Crippen LogP contribution is 2.17. The first-order valence-electron chi connectivity index (χ1n) is 9.74. The van der Waals surface area contributed by atoms with Gasteiger partial charge in [-0.2, -0.15) is 11.8 Å². The summed E-state index contributed by atoms with van der Waals surface area (Å²) in [4.78, 5) is 41.1. The number of hydrogen-bond acceptors (Lipinski definition) is 5. The first-order valence-corrected chi connectivity index (χ1v) is 10.9. The molecule has 0 spiro atoms. The van der Waals surface area contributed by atoms with E-state index in [0.29, 0.717) is 24.3 Å². The molecule has 0 saturated carbocycles. The SMILES string of the molecule is CC(C)C1C(=O)NCCN1CC(=O)Nc1cccc(C(=O)N2CCSCC2)c1. The van der Waals surface area contributed by atoms with Gasteiger partial charge in [-0.3, -0.25) is 19.3 Å². The molecule has 7 nitrogen and oxygen atoms in total. The smallest absolute Gasteiger partial charge is 0.253 e. The Morgan fingerprint density at radius 2 is 2.00 bits per heavy atom. The van der Waals surface area contributed by atoms with Crippen LogP contribution in [0.15, 0.2) is 24.3 Å². The highest BCUT2D eigenvalue weighted by Gasteiger charge is 2.33. The second kappa shape index (κ2) is 9.43. The summed E-state index contributed by atoms with van der Waals surface area (Å²) >= 11 is 1.86. The summed E-state index contributed by atoms with van der Waals surface area (Å²) in [6.45, 7) is 6.82. The molecule has 28 heavy (non-hydrogen) atoms. The van der Waals surface area contributed by atoms with Crippen LogP contribution >= 0.6 is 11.8 Å². The van der Waals surface area contributed by atoms with E-state index in [0.717, 1.165) is 24.6 Å². The van der Waals surface area contributed by atoms with E-state index >= 15 is 0 Å². The summed E-state index contributed by atoms with van der Waals surface area (Å²) in [6, 6.07) is 6.77. The van der Waals surface area contributed by atoms with Gasteiger partial charge in [0.15, 0.2) is 0 Å². The van der Waals surface area contributed by atoms with E-state index < -0.39 is 0 Å². The van der Waals surface area contributed by atoms with Gasteiger partial charge >= 0.3 is 0 Å². The lowest BCUT2D eigenvalue weighted by atomic mass is 9.99. The minimum atomic E-state index is -0.301. The summed E-state index contributed by atoms with van der Waals surface area (Å²) in [5.74, 6) is 1.84. The molecule has 3 rings (SSSR count). The average Bonchev–Trinajstić information content (AvgIpc) is 2.68. The summed E-state index contributed by atoms with van der Waals surface area (Å²) in [5, 5.41) is 5.74. The molecular weight excluding hydrogens is 376 g/mol. The topological polar surface area (TPSA) is 81.8 Å². The average molecular weight is 405 g/mol. The molecule has 0 radical (unpaired) electrons. The molecule has 0 aliphatic carbocycles. The van der Waals surface area contributed by atoms with Gasteiger partial charge in [0.2, 0.25) is 11.8 Å². The fourth-order valence-corrected chi connectivity index (χ4v) is 4.60. The van der Waals surface area contributed by atoms with Crippen LogP contribution < -0.4 is 10.6 Å². The lowest BCUT2D eigenvalue weighted by Crippen LogP contribution is -2.58. The fraction of sp³-hybridized carbons (Fsp3) is 0.550. The Labute approximate surface area is 170 Å². The molecule has 2 aliphatic rings. The van der Waals surface area contributed by atoms with Crippen molar-refractivity contribution in [1.82, 2.24) is 15.1 Å². The maximum Gasteiger partial charge on any atom is 0.253 e. The van der Waals surface area contributed by atoms with Crippen molar-refractivity contribution in [2.75, 3.05) is 49.5 Å². The Bertz CT molecular complexity index is 734. The standard InChI is InChI=1S/C20H28N4O3S/c1-14(2)18-19(26)21-6-7-24(18)13-17(25)22-16-5-3-4-15(12-16)20(27)23-8-10-28-11-9-23/h3-5,12,14,18H,6-11,13H2,1-2H3,(H,21,26)(H,22,25). The fourth-order valence-electron chi connectivity index (χ4n) is 3.70. The molecular formula is C20H28N4O3S. The van der Waals surface area contributed by atoms with Crippen LogP contribution in [0.3, 0.4) is 0 Å². The molecule has 1 aromatic rings. The Morgan fingerprint density at radius 1 is 1.25 bits per heavy atom. The number of anilines is 1. The summed E-state index contributed by atoms with van der Waals surface area (Å²) < 4.78 is 0. The van der Waals surface area contributed by atoms with E-state index in [1.54, 1.807) is 24.3 Å². The predicted octanol–water partition coefficient (Wildman–Crippen LogP) is 1.27. The van der Waals surface area contributed by atoms with Crippen LogP contribution in [-0.2, 0) is 9.59 Å². The minimum Gasteiger partial charge on any atom is -0.353 e. The highest BCUT2D eigenvalue weighted by molar-refractivity contribution is 7.99. The molecule has 1 atom stereocenters. The number of rotatable bonds is 5. The molecule has 2 heterocycles. The van der Waals surface area contributed by atoms with Gasteiger partial charge in [-0.15, -0.1) is 0 Å². The Kier molecular flexibility index (Phi) is 6.96. The van der Waals surface area contributed by atoms with Gasteiger partial charge in [0.1, 0.15) is 0 Å². The Morgan fingerprint density at radius 3 is 2.71 bits per heavy atom. The van der Waals surface area contributed by atoms with Gasteiger partial charge in [-0.25, -0.2) is 0 Å². The number of hydrogen-bond donors (Lipinski definition) is 2. The van der Waals surface area contributed by atoms with Crippen LogP contribution in [0.5, 0.6) is 0 Å². The summed E-state index contributed by atoms with van der Waals surface area (Å²) in [5.41, 5.74) is 1.19. The highest BCUT2D eigenvalue weighted by atomic mass is 32.2. The van der Waals surface area contributed by atoms with Crippen molar-refractivity contribution in [2.24, 2.45) is 5.92 Å². The van der Waals surface area contributed by atoms with Crippen molar-refractivity contribution in [3.05, 3.63) is 29.8 Å². The second-order valence-corrected chi connectivity index (χ2v) is 8.71. The molecule has 2 saturated heterocycles. The van der Waals surface area contributed by atoms with Crippen molar-refractivity contribution in [1.29, 1.82) is 0 Å². The number of nitrogens with zero attached hydrogens (tertiary/aromatic N) is 2. The Balaban J connectivity index is 1.62. The number of amides is 3. The molecule has 2 aliphatic heterocycles. The first kappa shape index (κ1) is 20.7. The van der Waals surface area contributed by atoms with Crippen molar-refractivity contribution in [3.8, 4) is 0 Å². The molecule has 0 aromatic heterocycles. The summed E-state index contributed by atoms with van der Waals surface area (Å²) in [6.07, 6.45) is 0. The van der Waals surface area contributed by atoms with E-state index in [4.69, 9.17) is 0 Å². The lowest BCUT2D eigenvalue weighted by Gasteiger charge is -2.36. The van der Waals surface area contributed by atoms with Crippen molar-refractivity contribution in [2.45, 2.75) is 19.9 Å². The third kappa shape index (κ3) is 5.05. The van der Waals surface area contributed by atoms with E-state index in [2.05, 4.69) is 10.6 Å². The molecule has 8 heteroatoms. The molecule has 3 amide bonds. The van der Waals surface area contributed by atoms with Crippen molar-refractivity contribution in [3.63, 3.8) is 0 Å². The molecule has 0 bridgehead atoms. The minimum absolute atomic E-state index is 0.00368. The molecule has 1 unspecified atom stereocenters. The van der Waals surface area contributed by atoms with Gasteiger partial charge in [0.25, 0.3) is 5.91 Å². The monoisotopic (exact) mass is 404 g/mol.